The molecule has 5 nitrogen and oxygen atoms in total. The maximum atomic E-state index is 14.4. The average molecular weight is 397 g/mol. The summed E-state index contributed by atoms with van der Waals surface area (Å²) >= 11 is 5.42. The number of nitrogens with zero attached hydrogens (tertiary/aromatic N) is 2. The number of benzene rings is 1. The van der Waals surface area contributed by atoms with Gasteiger partial charge in [0.2, 0.25) is 0 Å². The van der Waals surface area contributed by atoms with Crippen LogP contribution in [0.3, 0.4) is 0 Å². The molecule has 0 aromatic heterocycles. The highest BCUT2D eigenvalue weighted by Crippen LogP contribution is 2.34. The van der Waals surface area contributed by atoms with Crippen LogP contribution in [0.1, 0.15) is 31.9 Å². The topological polar surface area (TPSA) is 44.8 Å². The van der Waals surface area contributed by atoms with Gasteiger partial charge in [-0.2, -0.15) is 0 Å². The van der Waals surface area contributed by atoms with Crippen LogP contribution in [0.15, 0.2) is 29.5 Å². The van der Waals surface area contributed by atoms with E-state index in [9.17, 15) is 13.6 Å². The monoisotopic (exact) mass is 397 g/mol. The molecule has 1 N–H and O–H groups in total. The largest absolute Gasteiger partial charge is 0.382 e. The second kappa shape index (κ2) is 9.23. The lowest BCUT2D eigenvalue weighted by Crippen LogP contribution is -2.49. The number of carbonyl (C=O) groups excluding carboxylic acids is 1. The SMILES string of the molecule is CCOCCCN1C(=S)NC(c2c(F)cccc2F)C(C(=O)N(C)C)=C1C. The van der Waals surface area contributed by atoms with Crippen molar-refractivity contribution in [2.45, 2.75) is 26.3 Å². The molecule has 1 atom stereocenters. The van der Waals surface area contributed by atoms with E-state index < -0.39 is 17.7 Å². The van der Waals surface area contributed by atoms with Crippen molar-refractivity contribution in [3.05, 3.63) is 46.7 Å². The quantitative estimate of drug-likeness (QED) is 0.566. The molecule has 1 heterocycles. The van der Waals surface area contributed by atoms with Crippen LogP contribution in [-0.2, 0) is 9.53 Å². The summed E-state index contributed by atoms with van der Waals surface area (Å²) in [4.78, 5) is 16.0. The summed E-state index contributed by atoms with van der Waals surface area (Å²) in [5, 5.41) is 3.28. The zero-order valence-electron chi connectivity index (χ0n) is 16.0. The number of likely N-dealkylation sites (N-methyl/N-ethyl adjacent to an activating group) is 1. The van der Waals surface area contributed by atoms with E-state index in [0.717, 1.165) is 0 Å². The zero-order chi connectivity index (χ0) is 20.1. The van der Waals surface area contributed by atoms with E-state index in [1.54, 1.807) is 25.9 Å². The van der Waals surface area contributed by atoms with Crippen molar-refractivity contribution in [3.8, 4) is 0 Å². The van der Waals surface area contributed by atoms with E-state index >= 15 is 0 Å². The van der Waals surface area contributed by atoms with Crippen molar-refractivity contribution in [2.24, 2.45) is 0 Å². The Hall–Kier alpha value is -2.06. The molecular weight excluding hydrogens is 372 g/mol. The van der Waals surface area contributed by atoms with Crippen molar-refractivity contribution in [3.63, 3.8) is 0 Å². The van der Waals surface area contributed by atoms with Crippen molar-refractivity contribution in [1.82, 2.24) is 15.1 Å². The van der Waals surface area contributed by atoms with Crippen LogP contribution < -0.4 is 5.32 Å². The fourth-order valence-corrected chi connectivity index (χ4v) is 3.39. The van der Waals surface area contributed by atoms with Crippen LogP contribution in [0.25, 0.3) is 0 Å². The molecule has 148 valence electrons. The van der Waals surface area contributed by atoms with Gasteiger partial charge in [0.25, 0.3) is 5.91 Å². The first-order valence-corrected chi connectivity index (χ1v) is 9.22. The molecule has 0 saturated carbocycles. The minimum atomic E-state index is -0.989. The van der Waals surface area contributed by atoms with Crippen LogP contribution >= 0.6 is 12.2 Å². The minimum absolute atomic E-state index is 0.210. The van der Waals surface area contributed by atoms with Gasteiger partial charge in [-0.3, -0.25) is 4.79 Å². The molecular formula is C19H25F2N3O2S. The lowest BCUT2D eigenvalue weighted by atomic mass is 9.93. The predicted molar refractivity (Wildman–Crippen MR) is 104 cm³/mol. The average Bonchev–Trinajstić information content (AvgIpc) is 2.60. The van der Waals surface area contributed by atoms with Crippen LogP contribution in [0.5, 0.6) is 0 Å². The number of nitrogens with one attached hydrogen (secondary N) is 1. The first-order valence-electron chi connectivity index (χ1n) is 8.81. The van der Waals surface area contributed by atoms with E-state index in [1.165, 1.54) is 23.1 Å². The summed E-state index contributed by atoms with van der Waals surface area (Å²) in [6.45, 7) is 5.38. The lowest BCUT2D eigenvalue weighted by molar-refractivity contribution is -0.125. The molecule has 0 fully saturated rings. The lowest BCUT2D eigenvalue weighted by Gasteiger charge is -2.38. The fraction of sp³-hybridized carbons (Fsp3) is 0.474. The van der Waals surface area contributed by atoms with Crippen LogP contribution in [0.4, 0.5) is 8.78 Å². The summed E-state index contributed by atoms with van der Waals surface area (Å²) in [6.07, 6.45) is 0.704. The fourth-order valence-electron chi connectivity index (χ4n) is 3.04. The molecule has 1 aromatic rings. The third-order valence-corrected chi connectivity index (χ3v) is 4.73. The summed E-state index contributed by atoms with van der Waals surface area (Å²) in [5.74, 6) is -1.78. The minimum Gasteiger partial charge on any atom is -0.382 e. The van der Waals surface area contributed by atoms with Gasteiger partial charge in [0.05, 0.1) is 17.2 Å². The van der Waals surface area contributed by atoms with Crippen molar-refractivity contribution < 1.29 is 18.3 Å². The molecule has 1 aliphatic heterocycles. The first kappa shape index (κ1) is 21.2. The molecule has 1 amide bonds. The third-order valence-electron chi connectivity index (χ3n) is 4.40. The van der Waals surface area contributed by atoms with E-state index in [1.807, 2.05) is 6.92 Å². The number of hydrogen-bond acceptors (Lipinski definition) is 3. The summed E-state index contributed by atoms with van der Waals surface area (Å²) in [7, 11) is 3.20. The highest BCUT2D eigenvalue weighted by atomic mass is 32.1. The van der Waals surface area contributed by atoms with Crippen LogP contribution in [0.2, 0.25) is 0 Å². The molecule has 1 unspecified atom stereocenters. The number of rotatable bonds is 7. The third kappa shape index (κ3) is 4.62. The molecule has 0 aliphatic carbocycles. The predicted octanol–water partition coefficient (Wildman–Crippen LogP) is 2.98. The van der Waals surface area contributed by atoms with Gasteiger partial charge in [0.15, 0.2) is 5.11 Å². The van der Waals surface area contributed by atoms with Gasteiger partial charge in [-0.1, -0.05) is 6.07 Å². The zero-order valence-corrected chi connectivity index (χ0v) is 16.8. The Bertz CT molecular complexity index is 732. The number of ether oxygens (including phenoxy) is 1. The van der Waals surface area contributed by atoms with E-state index in [2.05, 4.69) is 5.32 Å². The molecule has 2 rings (SSSR count). The van der Waals surface area contributed by atoms with Crippen LogP contribution in [-0.4, -0.2) is 54.7 Å². The smallest absolute Gasteiger partial charge is 0.253 e. The summed E-state index contributed by atoms with van der Waals surface area (Å²) < 4.78 is 34.2. The molecule has 1 aromatic carbocycles. The maximum absolute atomic E-state index is 14.4. The van der Waals surface area contributed by atoms with E-state index in [-0.39, 0.29) is 17.0 Å². The Morgan fingerprint density at radius 3 is 2.52 bits per heavy atom. The molecule has 0 spiro atoms. The van der Waals surface area contributed by atoms with Gasteiger partial charge in [0.1, 0.15) is 11.6 Å². The second-order valence-corrected chi connectivity index (χ2v) is 6.81. The molecule has 0 saturated heterocycles. The molecule has 27 heavy (non-hydrogen) atoms. The summed E-state index contributed by atoms with van der Waals surface area (Å²) in [5.41, 5.74) is 0.647. The Morgan fingerprint density at radius 2 is 1.96 bits per heavy atom. The Balaban J connectivity index is 2.47. The van der Waals surface area contributed by atoms with Crippen LogP contribution in [0, 0.1) is 11.6 Å². The Kier molecular flexibility index (Phi) is 7.26. The van der Waals surface area contributed by atoms with Gasteiger partial charge in [-0.05, 0) is 44.6 Å². The van der Waals surface area contributed by atoms with Crippen molar-refractivity contribution in [1.29, 1.82) is 0 Å². The molecule has 0 bridgehead atoms. The second-order valence-electron chi connectivity index (χ2n) is 6.42. The molecule has 1 aliphatic rings. The molecule has 8 heteroatoms. The highest BCUT2D eigenvalue weighted by molar-refractivity contribution is 7.80. The normalized spacial score (nSPS) is 17.2. The van der Waals surface area contributed by atoms with Crippen molar-refractivity contribution >= 4 is 23.2 Å². The van der Waals surface area contributed by atoms with Gasteiger partial charge >= 0.3 is 0 Å². The standard InChI is InChI=1S/C19H25F2N3O2S/c1-5-26-11-7-10-24-12(2)15(18(25)23(3)4)17(22-19(24)27)16-13(20)8-6-9-14(16)21/h6,8-9,17H,5,7,10-11H2,1-4H3,(H,22,27). The van der Waals surface area contributed by atoms with Gasteiger partial charge in [0, 0.05) is 39.6 Å². The Labute approximate surface area is 164 Å². The van der Waals surface area contributed by atoms with Gasteiger partial charge in [-0.25, -0.2) is 8.78 Å². The Morgan fingerprint density at radius 1 is 1.33 bits per heavy atom. The number of allylic oxidation sites excluding steroid dienone is 1. The van der Waals surface area contributed by atoms with Gasteiger partial charge < -0.3 is 19.9 Å². The number of halogens is 2. The number of carbonyl (C=O) groups is 1. The van der Waals surface area contributed by atoms with E-state index in [4.69, 9.17) is 17.0 Å². The van der Waals surface area contributed by atoms with Gasteiger partial charge in [-0.15, -0.1) is 0 Å². The number of thiocarbonyl (C=S) groups is 1. The maximum Gasteiger partial charge on any atom is 0.253 e. The highest BCUT2D eigenvalue weighted by Gasteiger charge is 2.37. The number of hydrogen-bond donors (Lipinski definition) is 1. The van der Waals surface area contributed by atoms with Crippen molar-refractivity contribution in [2.75, 3.05) is 33.9 Å². The number of amides is 1. The van der Waals surface area contributed by atoms with E-state index in [0.29, 0.717) is 37.0 Å². The first-order chi connectivity index (χ1) is 12.8. The summed E-state index contributed by atoms with van der Waals surface area (Å²) in [6, 6.07) is 2.64. The molecule has 0 radical (unpaired) electrons.